The maximum absolute atomic E-state index is 4.73. The van der Waals surface area contributed by atoms with Crippen molar-refractivity contribution in [3.63, 3.8) is 0 Å². The number of hydrogen-bond donors (Lipinski definition) is 1. The first-order valence-corrected chi connectivity index (χ1v) is 9.56. The Hall–Kier alpha value is 0.170. The summed E-state index contributed by atoms with van der Waals surface area (Å²) in [5.74, 6) is 3.39. The van der Waals surface area contributed by atoms with Crippen molar-refractivity contribution in [2.75, 3.05) is 24.3 Å². The molecule has 2 fully saturated rings. The Morgan fingerprint density at radius 1 is 1.50 bits per heavy atom. The van der Waals surface area contributed by atoms with E-state index < -0.39 is 0 Å². The smallest absolute Gasteiger partial charge is 0.157 e. The van der Waals surface area contributed by atoms with Crippen LogP contribution in [-0.4, -0.2) is 35.0 Å². The van der Waals surface area contributed by atoms with E-state index in [-0.39, 0.29) is 0 Å². The summed E-state index contributed by atoms with van der Waals surface area (Å²) in [6.07, 6.45) is 10.2. The lowest BCUT2D eigenvalue weighted by Gasteiger charge is -2.36. The number of nitrogens with one attached hydrogen (secondary N) is 1. The second kappa shape index (κ2) is 7.09. The number of amidine groups is 1. The predicted molar refractivity (Wildman–Crippen MR) is 85.9 cm³/mol. The highest BCUT2D eigenvalue weighted by Crippen LogP contribution is 2.38. The summed E-state index contributed by atoms with van der Waals surface area (Å²) in [5.41, 5.74) is 0.389. The van der Waals surface area contributed by atoms with E-state index in [0.29, 0.717) is 5.54 Å². The van der Waals surface area contributed by atoms with E-state index in [1.54, 1.807) is 0 Å². The Kier molecular flexibility index (Phi) is 5.74. The van der Waals surface area contributed by atoms with E-state index in [4.69, 9.17) is 4.99 Å². The molecule has 1 saturated carbocycles. The van der Waals surface area contributed by atoms with Gasteiger partial charge in [0.1, 0.15) is 0 Å². The van der Waals surface area contributed by atoms with Gasteiger partial charge in [0.05, 0.1) is 0 Å². The maximum atomic E-state index is 4.73. The van der Waals surface area contributed by atoms with E-state index in [2.05, 4.69) is 18.5 Å². The van der Waals surface area contributed by atoms with Crippen LogP contribution >= 0.6 is 23.5 Å². The molecule has 1 aliphatic carbocycles. The van der Waals surface area contributed by atoms with Crippen LogP contribution in [0.5, 0.6) is 0 Å². The van der Waals surface area contributed by atoms with Crippen LogP contribution < -0.4 is 5.32 Å². The minimum atomic E-state index is 0.389. The summed E-state index contributed by atoms with van der Waals surface area (Å²) in [4.78, 5) is 4.73. The predicted octanol–water partition coefficient (Wildman–Crippen LogP) is 3.77. The van der Waals surface area contributed by atoms with Gasteiger partial charge >= 0.3 is 0 Å². The molecule has 0 radical (unpaired) electrons. The molecule has 2 rings (SSSR count). The first kappa shape index (κ1) is 14.6. The average Bonchev–Trinajstić information content (AvgIpc) is 2.72. The van der Waals surface area contributed by atoms with Crippen LogP contribution in [0.3, 0.4) is 0 Å². The topological polar surface area (TPSA) is 24.4 Å². The molecule has 1 N–H and O–H groups in total. The van der Waals surface area contributed by atoms with Gasteiger partial charge in [-0.3, -0.25) is 4.99 Å². The van der Waals surface area contributed by atoms with Crippen molar-refractivity contribution in [3.05, 3.63) is 0 Å². The molecule has 1 spiro atoms. The second-order valence-corrected chi connectivity index (χ2v) is 7.73. The van der Waals surface area contributed by atoms with Gasteiger partial charge in [-0.15, -0.1) is 0 Å². The fourth-order valence-corrected chi connectivity index (χ4v) is 4.75. The van der Waals surface area contributed by atoms with Gasteiger partial charge < -0.3 is 5.32 Å². The fraction of sp³-hybridized carbons (Fsp3) is 0.929. The number of aliphatic imine (C=N–C) groups is 1. The fourth-order valence-electron chi connectivity index (χ4n) is 3.03. The van der Waals surface area contributed by atoms with Crippen molar-refractivity contribution in [2.45, 2.75) is 51.0 Å². The molecule has 1 aliphatic heterocycles. The zero-order valence-corrected chi connectivity index (χ0v) is 13.3. The lowest BCUT2D eigenvalue weighted by Crippen LogP contribution is -2.47. The highest BCUT2D eigenvalue weighted by atomic mass is 32.2. The number of nitrogens with zero attached hydrogens (tertiary/aromatic N) is 1. The molecule has 1 saturated heterocycles. The van der Waals surface area contributed by atoms with Gasteiger partial charge in [0, 0.05) is 17.8 Å². The lowest BCUT2D eigenvalue weighted by atomic mass is 9.78. The van der Waals surface area contributed by atoms with Crippen LogP contribution in [0.25, 0.3) is 0 Å². The van der Waals surface area contributed by atoms with Crippen LogP contribution in [0.15, 0.2) is 4.99 Å². The molecule has 0 bridgehead atoms. The largest absolute Gasteiger partial charge is 0.359 e. The summed E-state index contributed by atoms with van der Waals surface area (Å²) < 4.78 is 0. The van der Waals surface area contributed by atoms with Gasteiger partial charge in [0.15, 0.2) is 5.17 Å². The van der Waals surface area contributed by atoms with Crippen molar-refractivity contribution in [1.82, 2.24) is 5.32 Å². The number of unbranched alkanes of at least 4 members (excludes halogenated alkanes) is 1. The van der Waals surface area contributed by atoms with Gasteiger partial charge in [-0.25, -0.2) is 0 Å². The Morgan fingerprint density at radius 2 is 2.39 bits per heavy atom. The molecule has 0 aromatic carbocycles. The first-order valence-electron chi connectivity index (χ1n) is 7.18. The molecule has 0 aromatic heterocycles. The van der Waals surface area contributed by atoms with Crippen LogP contribution in [0, 0.1) is 5.92 Å². The summed E-state index contributed by atoms with van der Waals surface area (Å²) in [6, 6.07) is 0. The summed E-state index contributed by atoms with van der Waals surface area (Å²) in [6.45, 7) is 3.40. The lowest BCUT2D eigenvalue weighted by molar-refractivity contribution is 0.242. The minimum Gasteiger partial charge on any atom is -0.359 e. The number of rotatable bonds is 5. The Morgan fingerprint density at radius 3 is 3.17 bits per heavy atom. The van der Waals surface area contributed by atoms with E-state index in [1.165, 1.54) is 55.2 Å². The molecule has 18 heavy (non-hydrogen) atoms. The average molecular weight is 287 g/mol. The monoisotopic (exact) mass is 286 g/mol. The normalized spacial score (nSPS) is 34.1. The summed E-state index contributed by atoms with van der Waals surface area (Å²) >= 11 is 3.88. The van der Waals surface area contributed by atoms with E-state index in [9.17, 15) is 0 Å². The molecule has 2 aliphatic rings. The Labute approximate surface area is 120 Å². The second-order valence-electron chi connectivity index (χ2n) is 5.78. The van der Waals surface area contributed by atoms with E-state index in [1.807, 2.05) is 23.5 Å². The van der Waals surface area contributed by atoms with Crippen LogP contribution in [0.2, 0.25) is 0 Å². The van der Waals surface area contributed by atoms with Crippen molar-refractivity contribution in [3.8, 4) is 0 Å². The molecule has 0 amide bonds. The van der Waals surface area contributed by atoms with Gasteiger partial charge in [0.2, 0.25) is 0 Å². The molecule has 4 heteroatoms. The summed E-state index contributed by atoms with van der Waals surface area (Å²) in [7, 11) is 0. The van der Waals surface area contributed by atoms with Crippen molar-refractivity contribution in [2.24, 2.45) is 10.9 Å². The third-order valence-corrected chi connectivity index (χ3v) is 5.86. The van der Waals surface area contributed by atoms with Crippen molar-refractivity contribution < 1.29 is 0 Å². The van der Waals surface area contributed by atoms with Crippen molar-refractivity contribution in [1.29, 1.82) is 0 Å². The van der Waals surface area contributed by atoms with Gasteiger partial charge in [-0.05, 0) is 43.6 Å². The maximum Gasteiger partial charge on any atom is 0.157 e. The van der Waals surface area contributed by atoms with E-state index >= 15 is 0 Å². The highest BCUT2D eigenvalue weighted by Gasteiger charge is 2.40. The van der Waals surface area contributed by atoms with Crippen LogP contribution in [0.1, 0.15) is 45.4 Å². The minimum absolute atomic E-state index is 0.389. The molecular formula is C14H26N2S2. The Bertz CT molecular complexity index is 294. The standard InChI is InChI=1S/C14H26N2S2/c1-12-6-5-7-14(10-12)11-18-13(16-14)15-8-3-4-9-17-2/h12H,3-11H2,1-2H3,(H,15,16). The molecular weight excluding hydrogens is 260 g/mol. The zero-order chi connectivity index (χ0) is 12.8. The van der Waals surface area contributed by atoms with Gasteiger partial charge in [-0.1, -0.05) is 31.5 Å². The van der Waals surface area contributed by atoms with Crippen LogP contribution in [-0.2, 0) is 0 Å². The van der Waals surface area contributed by atoms with Crippen LogP contribution in [0.4, 0.5) is 0 Å². The molecule has 2 atom stereocenters. The van der Waals surface area contributed by atoms with Crippen molar-refractivity contribution >= 4 is 28.7 Å². The molecule has 1 heterocycles. The third-order valence-electron chi connectivity index (χ3n) is 3.96. The molecule has 104 valence electrons. The highest BCUT2D eigenvalue weighted by molar-refractivity contribution is 8.14. The molecule has 0 aromatic rings. The van der Waals surface area contributed by atoms with Gasteiger partial charge in [0.25, 0.3) is 0 Å². The molecule has 2 nitrogen and oxygen atoms in total. The SMILES string of the molecule is CSCCCCN=C1NC2(CCCC(C)C2)CS1. The first-order chi connectivity index (χ1) is 8.74. The zero-order valence-electron chi connectivity index (χ0n) is 11.7. The third kappa shape index (κ3) is 4.09. The van der Waals surface area contributed by atoms with E-state index in [0.717, 1.165) is 12.5 Å². The Balaban J connectivity index is 1.75. The van der Waals surface area contributed by atoms with Gasteiger partial charge in [-0.2, -0.15) is 11.8 Å². The molecule has 2 unspecified atom stereocenters. The number of thioether (sulfide) groups is 2. The number of hydrogen-bond acceptors (Lipinski definition) is 3. The summed E-state index contributed by atoms with van der Waals surface area (Å²) in [5, 5.41) is 4.95. The quantitative estimate of drug-likeness (QED) is 0.779.